The molecule has 0 aromatic heterocycles. The summed E-state index contributed by atoms with van der Waals surface area (Å²) in [5, 5.41) is 0.683. The van der Waals surface area contributed by atoms with Crippen LogP contribution in [0, 0.1) is 0 Å². The number of unbranched alkanes of at least 4 members (excludes halogenated alkanes) is 2. The van der Waals surface area contributed by atoms with Crippen LogP contribution in [-0.2, 0) is 0 Å². The van der Waals surface area contributed by atoms with Crippen LogP contribution in [-0.4, -0.2) is 30.3 Å². The van der Waals surface area contributed by atoms with E-state index in [1.165, 1.54) is 45.3 Å². The zero-order valence-corrected chi connectivity index (χ0v) is 12.9. The lowest BCUT2D eigenvalue weighted by Gasteiger charge is -2.26. The highest BCUT2D eigenvalue weighted by molar-refractivity contribution is 6.30. The largest absolute Gasteiger partial charge is 0.303 e. The predicted octanol–water partition coefficient (Wildman–Crippen LogP) is 4.57. The Morgan fingerprint density at radius 3 is 2.40 bits per heavy atom. The monoisotopic (exact) mass is 293 g/mol. The molecule has 1 fully saturated rings. The summed E-state index contributed by atoms with van der Waals surface area (Å²) in [5.41, 5.74) is 0.783. The van der Waals surface area contributed by atoms with E-state index in [2.05, 4.69) is 4.90 Å². The highest BCUT2D eigenvalue weighted by Gasteiger charge is 2.09. The van der Waals surface area contributed by atoms with Crippen LogP contribution in [0.15, 0.2) is 24.3 Å². The Morgan fingerprint density at radius 1 is 1.00 bits per heavy atom. The molecule has 0 atom stereocenters. The van der Waals surface area contributed by atoms with Gasteiger partial charge in [-0.3, -0.25) is 4.79 Å². The summed E-state index contributed by atoms with van der Waals surface area (Å²) in [6, 6.07) is 7.20. The average molecular weight is 294 g/mol. The minimum absolute atomic E-state index is 0.236. The third-order valence-electron chi connectivity index (χ3n) is 3.99. The number of hydrogen-bond acceptors (Lipinski definition) is 2. The van der Waals surface area contributed by atoms with Crippen molar-refractivity contribution in [2.24, 2.45) is 0 Å². The summed E-state index contributed by atoms with van der Waals surface area (Å²) in [4.78, 5) is 14.5. The van der Waals surface area contributed by atoms with Gasteiger partial charge in [0.1, 0.15) is 0 Å². The van der Waals surface area contributed by atoms with E-state index in [-0.39, 0.29) is 5.78 Å². The first-order valence-corrected chi connectivity index (χ1v) is 8.14. The van der Waals surface area contributed by atoms with Gasteiger partial charge in [-0.1, -0.05) is 24.4 Å². The number of rotatable bonds is 7. The number of piperidine rings is 1. The molecule has 2 rings (SSSR count). The van der Waals surface area contributed by atoms with Gasteiger partial charge in [0.05, 0.1) is 0 Å². The fourth-order valence-electron chi connectivity index (χ4n) is 2.76. The van der Waals surface area contributed by atoms with Crippen molar-refractivity contribution >= 4 is 17.4 Å². The van der Waals surface area contributed by atoms with Crippen LogP contribution >= 0.6 is 11.6 Å². The zero-order chi connectivity index (χ0) is 14.2. The number of likely N-dealkylation sites (tertiary alicyclic amines) is 1. The van der Waals surface area contributed by atoms with Gasteiger partial charge in [-0.25, -0.2) is 0 Å². The molecule has 20 heavy (non-hydrogen) atoms. The summed E-state index contributed by atoms with van der Waals surface area (Å²) in [7, 11) is 0. The molecule has 0 amide bonds. The van der Waals surface area contributed by atoms with Gasteiger partial charge >= 0.3 is 0 Å². The van der Waals surface area contributed by atoms with Gasteiger partial charge in [-0.2, -0.15) is 0 Å². The molecule has 0 radical (unpaired) electrons. The number of halogens is 1. The van der Waals surface area contributed by atoms with E-state index in [9.17, 15) is 4.79 Å². The van der Waals surface area contributed by atoms with Gasteiger partial charge in [0.15, 0.2) is 5.78 Å². The Labute approximate surface area is 127 Å². The van der Waals surface area contributed by atoms with E-state index in [4.69, 9.17) is 11.6 Å². The highest BCUT2D eigenvalue weighted by Crippen LogP contribution is 2.14. The topological polar surface area (TPSA) is 20.3 Å². The van der Waals surface area contributed by atoms with Crippen molar-refractivity contribution in [3.8, 4) is 0 Å². The standard InChI is InChI=1S/C17H24ClNO/c18-16-10-8-15(9-11-16)17(20)7-3-1-4-12-19-13-5-2-6-14-19/h8-11H,1-7,12-14H2. The molecule has 1 aliphatic heterocycles. The van der Waals surface area contributed by atoms with Gasteiger partial charge in [-0.15, -0.1) is 0 Å². The third-order valence-corrected chi connectivity index (χ3v) is 4.25. The number of benzene rings is 1. The molecular formula is C17H24ClNO. The van der Waals surface area contributed by atoms with Crippen molar-refractivity contribution in [2.75, 3.05) is 19.6 Å². The van der Waals surface area contributed by atoms with E-state index in [1.54, 1.807) is 12.1 Å². The van der Waals surface area contributed by atoms with E-state index >= 15 is 0 Å². The summed E-state index contributed by atoms with van der Waals surface area (Å²) in [6.07, 6.45) is 8.12. The van der Waals surface area contributed by atoms with Gasteiger partial charge in [-0.05, 0) is 69.6 Å². The maximum absolute atomic E-state index is 12.0. The molecule has 2 nitrogen and oxygen atoms in total. The Kier molecular flexibility index (Phi) is 6.55. The Hall–Kier alpha value is -0.860. The lowest BCUT2D eigenvalue weighted by Crippen LogP contribution is -2.30. The van der Waals surface area contributed by atoms with E-state index in [0.29, 0.717) is 11.4 Å². The minimum Gasteiger partial charge on any atom is -0.303 e. The smallest absolute Gasteiger partial charge is 0.162 e. The Balaban J connectivity index is 1.58. The number of carbonyl (C=O) groups excluding carboxylic acids is 1. The second-order valence-corrected chi connectivity index (χ2v) is 6.08. The SMILES string of the molecule is O=C(CCCCCN1CCCCC1)c1ccc(Cl)cc1. The van der Waals surface area contributed by atoms with Crippen molar-refractivity contribution < 1.29 is 4.79 Å². The van der Waals surface area contributed by atoms with Crippen LogP contribution in [0.1, 0.15) is 55.3 Å². The Bertz CT molecular complexity index is 410. The molecule has 110 valence electrons. The maximum Gasteiger partial charge on any atom is 0.162 e. The van der Waals surface area contributed by atoms with Crippen LogP contribution in [0.25, 0.3) is 0 Å². The summed E-state index contributed by atoms with van der Waals surface area (Å²) < 4.78 is 0. The number of nitrogens with zero attached hydrogens (tertiary/aromatic N) is 1. The van der Waals surface area contributed by atoms with Crippen molar-refractivity contribution in [1.82, 2.24) is 4.90 Å². The number of hydrogen-bond donors (Lipinski definition) is 0. The zero-order valence-electron chi connectivity index (χ0n) is 12.1. The molecule has 0 saturated carbocycles. The van der Waals surface area contributed by atoms with Crippen molar-refractivity contribution in [1.29, 1.82) is 0 Å². The number of Topliss-reactive ketones (excluding diaryl/α,β-unsaturated/α-hetero) is 1. The van der Waals surface area contributed by atoms with Crippen molar-refractivity contribution in [3.63, 3.8) is 0 Å². The van der Waals surface area contributed by atoms with Gasteiger partial charge in [0, 0.05) is 17.0 Å². The number of carbonyl (C=O) groups is 1. The number of ketones is 1. The molecule has 1 aromatic carbocycles. The average Bonchev–Trinajstić information content (AvgIpc) is 2.48. The predicted molar refractivity (Wildman–Crippen MR) is 84.5 cm³/mol. The van der Waals surface area contributed by atoms with Crippen molar-refractivity contribution in [2.45, 2.75) is 44.9 Å². The van der Waals surface area contributed by atoms with Gasteiger partial charge in [0.25, 0.3) is 0 Å². The first-order valence-electron chi connectivity index (χ1n) is 7.77. The third kappa shape index (κ3) is 5.26. The van der Waals surface area contributed by atoms with Crippen LogP contribution in [0.3, 0.4) is 0 Å². The lowest BCUT2D eigenvalue weighted by atomic mass is 10.0. The second-order valence-electron chi connectivity index (χ2n) is 5.64. The molecule has 0 N–H and O–H groups in total. The van der Waals surface area contributed by atoms with Gasteiger partial charge < -0.3 is 4.90 Å². The molecule has 1 aromatic rings. The molecule has 1 heterocycles. The quantitative estimate of drug-likeness (QED) is 0.542. The molecule has 1 saturated heterocycles. The van der Waals surface area contributed by atoms with E-state index in [1.807, 2.05) is 12.1 Å². The summed E-state index contributed by atoms with van der Waals surface area (Å²) >= 11 is 5.82. The maximum atomic E-state index is 12.0. The fraction of sp³-hybridized carbons (Fsp3) is 0.588. The molecule has 0 spiro atoms. The van der Waals surface area contributed by atoms with Crippen LogP contribution < -0.4 is 0 Å². The fourth-order valence-corrected chi connectivity index (χ4v) is 2.89. The van der Waals surface area contributed by atoms with Crippen molar-refractivity contribution in [3.05, 3.63) is 34.9 Å². The van der Waals surface area contributed by atoms with E-state index < -0.39 is 0 Å². The molecule has 1 aliphatic rings. The molecule has 0 unspecified atom stereocenters. The van der Waals surface area contributed by atoms with Crippen LogP contribution in [0.5, 0.6) is 0 Å². The Morgan fingerprint density at radius 2 is 1.70 bits per heavy atom. The summed E-state index contributed by atoms with van der Waals surface area (Å²) in [6.45, 7) is 3.74. The van der Waals surface area contributed by atoms with Crippen LogP contribution in [0.2, 0.25) is 5.02 Å². The molecule has 0 bridgehead atoms. The second kappa shape index (κ2) is 8.43. The molecule has 0 aliphatic carbocycles. The lowest BCUT2D eigenvalue weighted by molar-refractivity contribution is 0.0978. The minimum atomic E-state index is 0.236. The van der Waals surface area contributed by atoms with Crippen LogP contribution in [0.4, 0.5) is 0 Å². The molecule has 3 heteroatoms. The normalized spacial score (nSPS) is 16.2. The summed E-state index contributed by atoms with van der Waals surface area (Å²) in [5.74, 6) is 0.236. The molecular weight excluding hydrogens is 270 g/mol. The van der Waals surface area contributed by atoms with E-state index in [0.717, 1.165) is 18.4 Å². The highest BCUT2D eigenvalue weighted by atomic mass is 35.5. The first-order chi connectivity index (χ1) is 9.75. The van der Waals surface area contributed by atoms with Gasteiger partial charge in [0.2, 0.25) is 0 Å². The first kappa shape index (κ1) is 15.5.